The van der Waals surface area contributed by atoms with Crippen molar-refractivity contribution in [2.45, 2.75) is 12.8 Å². The van der Waals surface area contributed by atoms with E-state index in [-0.39, 0.29) is 16.9 Å². The molecule has 0 bridgehead atoms. The Bertz CT molecular complexity index is 1240. The molecule has 1 saturated carbocycles. The molecule has 0 radical (unpaired) electrons. The molecule has 1 aliphatic rings. The van der Waals surface area contributed by atoms with Crippen LogP contribution in [-0.4, -0.2) is 22.8 Å². The molecule has 7 nitrogen and oxygen atoms in total. The van der Waals surface area contributed by atoms with E-state index in [1.165, 1.54) is 6.08 Å². The molecule has 0 atom stereocenters. The molecule has 0 unspecified atom stereocenters. The number of anilines is 1. The van der Waals surface area contributed by atoms with Crippen LogP contribution in [-0.2, 0) is 9.59 Å². The van der Waals surface area contributed by atoms with Gasteiger partial charge in [0.25, 0.3) is 5.91 Å². The number of carbonyl (C=O) groups is 3. The van der Waals surface area contributed by atoms with Gasteiger partial charge in [0, 0.05) is 23.2 Å². The van der Waals surface area contributed by atoms with Crippen LogP contribution in [0.4, 0.5) is 5.69 Å². The molecule has 4 N–H and O–H groups in total. The first-order valence-electron chi connectivity index (χ1n) is 10.5. The number of thiocarbonyl (C=S) groups is 1. The van der Waals surface area contributed by atoms with Crippen LogP contribution < -0.4 is 21.5 Å². The molecule has 33 heavy (non-hydrogen) atoms. The SMILES string of the molecule is O=C(C=Cc1cccc2ccccc12)NC(=S)NNC(=O)c1ccc(NC(=O)C2CC2)cc1. The minimum absolute atomic E-state index is 0.00413. The molecule has 166 valence electrons. The van der Waals surface area contributed by atoms with E-state index in [4.69, 9.17) is 12.2 Å². The summed E-state index contributed by atoms with van der Waals surface area (Å²) in [4.78, 5) is 36.2. The maximum Gasteiger partial charge on any atom is 0.269 e. The zero-order valence-electron chi connectivity index (χ0n) is 17.6. The zero-order chi connectivity index (χ0) is 23.2. The first kappa shape index (κ1) is 22.2. The van der Waals surface area contributed by atoms with Crippen molar-refractivity contribution in [3.63, 3.8) is 0 Å². The number of benzene rings is 3. The first-order chi connectivity index (χ1) is 16.0. The van der Waals surface area contributed by atoms with E-state index in [0.29, 0.717) is 11.3 Å². The van der Waals surface area contributed by atoms with Crippen molar-refractivity contribution in [1.82, 2.24) is 16.2 Å². The van der Waals surface area contributed by atoms with E-state index in [2.05, 4.69) is 21.5 Å². The van der Waals surface area contributed by atoms with Crippen LogP contribution in [0, 0.1) is 5.92 Å². The molecular weight excluding hydrogens is 436 g/mol. The van der Waals surface area contributed by atoms with Gasteiger partial charge in [-0.3, -0.25) is 30.6 Å². The second-order valence-electron chi connectivity index (χ2n) is 7.64. The van der Waals surface area contributed by atoms with Crippen LogP contribution in [0.15, 0.2) is 72.8 Å². The molecular formula is C25H22N4O3S. The lowest BCUT2D eigenvalue weighted by Crippen LogP contribution is -2.48. The van der Waals surface area contributed by atoms with Crippen LogP contribution >= 0.6 is 12.2 Å². The topological polar surface area (TPSA) is 99.3 Å². The molecule has 0 heterocycles. The largest absolute Gasteiger partial charge is 0.326 e. The second kappa shape index (κ2) is 10.1. The third-order valence-electron chi connectivity index (χ3n) is 5.13. The van der Waals surface area contributed by atoms with Gasteiger partial charge in [-0.25, -0.2) is 0 Å². The number of rotatable bonds is 5. The lowest BCUT2D eigenvalue weighted by Gasteiger charge is -2.10. The van der Waals surface area contributed by atoms with Crippen molar-refractivity contribution in [2.75, 3.05) is 5.32 Å². The van der Waals surface area contributed by atoms with Crippen LogP contribution in [0.3, 0.4) is 0 Å². The van der Waals surface area contributed by atoms with Crippen molar-refractivity contribution in [3.8, 4) is 0 Å². The van der Waals surface area contributed by atoms with Crippen molar-refractivity contribution in [1.29, 1.82) is 0 Å². The number of carbonyl (C=O) groups excluding carboxylic acids is 3. The lowest BCUT2D eigenvalue weighted by molar-refractivity contribution is -0.117. The summed E-state index contributed by atoms with van der Waals surface area (Å²) in [5.41, 5.74) is 6.86. The van der Waals surface area contributed by atoms with Gasteiger partial charge in [0.2, 0.25) is 11.8 Å². The molecule has 8 heteroatoms. The molecule has 0 aromatic heterocycles. The Hall–Kier alpha value is -4.04. The van der Waals surface area contributed by atoms with Crippen molar-refractivity contribution in [3.05, 3.63) is 83.9 Å². The van der Waals surface area contributed by atoms with Crippen LogP contribution in [0.5, 0.6) is 0 Å². The average Bonchev–Trinajstić information content (AvgIpc) is 3.67. The highest BCUT2D eigenvalue weighted by molar-refractivity contribution is 7.80. The quantitative estimate of drug-likeness (QED) is 0.266. The van der Waals surface area contributed by atoms with Gasteiger partial charge in [0.15, 0.2) is 5.11 Å². The van der Waals surface area contributed by atoms with E-state index in [1.807, 2.05) is 42.5 Å². The molecule has 1 fully saturated rings. The lowest BCUT2D eigenvalue weighted by atomic mass is 10.0. The number of hydrazine groups is 1. The maximum absolute atomic E-state index is 12.3. The molecule has 1 aliphatic carbocycles. The minimum atomic E-state index is -0.432. The fraction of sp³-hybridized carbons (Fsp3) is 0.120. The first-order valence-corrected chi connectivity index (χ1v) is 10.9. The summed E-state index contributed by atoms with van der Waals surface area (Å²) in [5, 5.41) is 7.38. The molecule has 3 amide bonds. The zero-order valence-corrected chi connectivity index (χ0v) is 18.4. The monoisotopic (exact) mass is 458 g/mol. The molecule has 0 spiro atoms. The molecule has 3 aromatic rings. The number of hydrogen-bond acceptors (Lipinski definition) is 4. The molecule has 0 aliphatic heterocycles. The number of fused-ring (bicyclic) bond motifs is 1. The smallest absolute Gasteiger partial charge is 0.269 e. The van der Waals surface area contributed by atoms with Gasteiger partial charge in [-0.05, 0) is 71.7 Å². The fourth-order valence-electron chi connectivity index (χ4n) is 3.23. The Morgan fingerprint density at radius 3 is 2.36 bits per heavy atom. The summed E-state index contributed by atoms with van der Waals surface area (Å²) < 4.78 is 0. The Kier molecular flexibility index (Phi) is 6.75. The van der Waals surface area contributed by atoms with Gasteiger partial charge >= 0.3 is 0 Å². The third kappa shape index (κ3) is 6.02. The second-order valence-corrected chi connectivity index (χ2v) is 8.05. The Morgan fingerprint density at radius 2 is 1.61 bits per heavy atom. The van der Waals surface area contributed by atoms with Crippen molar-refractivity contribution >= 4 is 57.6 Å². The highest BCUT2D eigenvalue weighted by atomic mass is 32.1. The highest BCUT2D eigenvalue weighted by Crippen LogP contribution is 2.30. The predicted molar refractivity (Wildman–Crippen MR) is 132 cm³/mol. The fourth-order valence-corrected chi connectivity index (χ4v) is 3.38. The summed E-state index contributed by atoms with van der Waals surface area (Å²) in [6.07, 6.45) is 4.94. The van der Waals surface area contributed by atoms with Crippen LogP contribution in [0.25, 0.3) is 16.8 Å². The van der Waals surface area contributed by atoms with Crippen molar-refractivity contribution in [2.24, 2.45) is 5.92 Å². The van der Waals surface area contributed by atoms with Gasteiger partial charge in [-0.1, -0.05) is 42.5 Å². The van der Waals surface area contributed by atoms with Gasteiger partial charge < -0.3 is 5.32 Å². The molecule has 3 aromatic carbocycles. The molecule has 4 rings (SSSR count). The summed E-state index contributed by atoms with van der Waals surface area (Å²) in [6, 6.07) is 20.3. The summed E-state index contributed by atoms with van der Waals surface area (Å²) in [7, 11) is 0. The van der Waals surface area contributed by atoms with Gasteiger partial charge in [0.1, 0.15) is 0 Å². The maximum atomic E-state index is 12.3. The number of nitrogens with one attached hydrogen (secondary N) is 4. The number of amides is 3. The van der Waals surface area contributed by atoms with E-state index < -0.39 is 11.8 Å². The predicted octanol–water partition coefficient (Wildman–Crippen LogP) is 3.54. The highest BCUT2D eigenvalue weighted by Gasteiger charge is 2.29. The summed E-state index contributed by atoms with van der Waals surface area (Å²) in [6.45, 7) is 0. The van der Waals surface area contributed by atoms with E-state index in [0.717, 1.165) is 29.2 Å². The Morgan fingerprint density at radius 1 is 0.879 bits per heavy atom. The average molecular weight is 459 g/mol. The van der Waals surface area contributed by atoms with Gasteiger partial charge in [-0.2, -0.15) is 0 Å². The normalized spacial score (nSPS) is 12.8. The van der Waals surface area contributed by atoms with E-state index in [1.54, 1.807) is 30.3 Å². The van der Waals surface area contributed by atoms with Crippen LogP contribution in [0.2, 0.25) is 0 Å². The Balaban J connectivity index is 1.25. The van der Waals surface area contributed by atoms with Crippen molar-refractivity contribution < 1.29 is 14.4 Å². The van der Waals surface area contributed by atoms with Gasteiger partial charge in [-0.15, -0.1) is 0 Å². The van der Waals surface area contributed by atoms with E-state index >= 15 is 0 Å². The Labute approximate surface area is 196 Å². The summed E-state index contributed by atoms with van der Waals surface area (Å²) in [5.74, 6) is -0.747. The van der Waals surface area contributed by atoms with Crippen LogP contribution in [0.1, 0.15) is 28.8 Å². The van der Waals surface area contributed by atoms with Gasteiger partial charge in [0.05, 0.1) is 0 Å². The molecule has 0 saturated heterocycles. The third-order valence-corrected chi connectivity index (χ3v) is 5.33. The van der Waals surface area contributed by atoms with E-state index in [9.17, 15) is 14.4 Å². The minimum Gasteiger partial charge on any atom is -0.326 e. The number of hydrogen-bond donors (Lipinski definition) is 4. The standard InChI is InChI=1S/C25H22N4O3S/c30-22(15-12-17-6-3-5-16-4-1-2-7-21(16)17)27-25(33)29-28-24(32)19-10-13-20(14-11-19)26-23(31)18-8-9-18/h1-7,10-15,18H,8-9H2,(H,26,31)(H,28,32)(H2,27,29,30,33). The summed E-state index contributed by atoms with van der Waals surface area (Å²) >= 11 is 5.07.